The van der Waals surface area contributed by atoms with Crippen LogP contribution in [-0.4, -0.2) is 32.7 Å². The lowest BCUT2D eigenvalue weighted by Gasteiger charge is -2.37. The van der Waals surface area contributed by atoms with Gasteiger partial charge in [0.1, 0.15) is 5.00 Å². The highest BCUT2D eigenvalue weighted by Gasteiger charge is 2.34. The van der Waals surface area contributed by atoms with Crippen LogP contribution in [0.4, 0.5) is 10.7 Å². The number of nitrogens with two attached hydrogens (primary N) is 1. The molecular weight excluding hydrogens is 218 g/mol. The van der Waals surface area contributed by atoms with Gasteiger partial charge in [-0.15, -0.1) is 11.3 Å². The Hall–Kier alpha value is -0.740. The highest BCUT2D eigenvalue weighted by molar-refractivity contribution is 7.16. The van der Waals surface area contributed by atoms with Gasteiger partial charge < -0.3 is 15.5 Å². The van der Waals surface area contributed by atoms with Crippen LogP contribution in [-0.2, 0) is 6.42 Å². The summed E-state index contributed by atoms with van der Waals surface area (Å²) in [5.41, 5.74) is 7.06. The van der Waals surface area contributed by atoms with E-state index < -0.39 is 0 Å². The van der Waals surface area contributed by atoms with Crippen molar-refractivity contribution in [3.8, 4) is 0 Å². The largest absolute Gasteiger partial charge is 0.370 e. The molecule has 0 amide bonds. The van der Waals surface area contributed by atoms with Crippen LogP contribution >= 0.6 is 11.3 Å². The normalized spacial score (nSPS) is 23.5. The van der Waals surface area contributed by atoms with Crippen LogP contribution in [0.3, 0.4) is 0 Å². The standard InChI is InChI=1S/C12H19N3S/c1-14-8-9-3-2-6-15(9)12-11(14)7-10(16-12)4-5-13/h7,9H,2-6,8,13H2,1H3. The monoisotopic (exact) mass is 237 g/mol. The topological polar surface area (TPSA) is 32.5 Å². The number of hydrogen-bond donors (Lipinski definition) is 1. The molecule has 1 aromatic rings. The molecule has 1 saturated heterocycles. The molecule has 2 aliphatic rings. The van der Waals surface area contributed by atoms with Gasteiger partial charge in [-0.05, 0) is 31.9 Å². The Morgan fingerprint density at radius 3 is 3.25 bits per heavy atom. The van der Waals surface area contributed by atoms with Crippen LogP contribution in [0, 0.1) is 0 Å². The number of fused-ring (bicyclic) bond motifs is 3. The zero-order valence-corrected chi connectivity index (χ0v) is 10.6. The molecule has 0 aromatic carbocycles. The summed E-state index contributed by atoms with van der Waals surface area (Å²) in [4.78, 5) is 6.46. The summed E-state index contributed by atoms with van der Waals surface area (Å²) in [5.74, 6) is 0. The maximum atomic E-state index is 5.64. The molecule has 3 heterocycles. The van der Waals surface area contributed by atoms with E-state index in [1.54, 1.807) is 0 Å². The number of hydrogen-bond acceptors (Lipinski definition) is 4. The first-order valence-corrected chi connectivity index (χ1v) is 6.92. The van der Waals surface area contributed by atoms with E-state index in [1.165, 1.54) is 41.5 Å². The maximum absolute atomic E-state index is 5.64. The number of likely N-dealkylation sites (N-methyl/N-ethyl adjacent to an activating group) is 1. The van der Waals surface area contributed by atoms with Crippen LogP contribution in [0.15, 0.2) is 6.07 Å². The highest BCUT2D eigenvalue weighted by Crippen LogP contribution is 2.44. The van der Waals surface area contributed by atoms with E-state index in [4.69, 9.17) is 5.73 Å². The van der Waals surface area contributed by atoms with Gasteiger partial charge in [0.05, 0.1) is 5.69 Å². The van der Waals surface area contributed by atoms with Gasteiger partial charge in [0.15, 0.2) is 0 Å². The SMILES string of the molecule is CN1CC2CCCN2c2sc(CCN)cc21. The number of thiophene rings is 1. The van der Waals surface area contributed by atoms with E-state index >= 15 is 0 Å². The van der Waals surface area contributed by atoms with Crippen LogP contribution in [0.5, 0.6) is 0 Å². The molecule has 3 rings (SSSR count). The molecule has 0 saturated carbocycles. The smallest absolute Gasteiger partial charge is 0.115 e. The second kappa shape index (κ2) is 3.93. The lowest BCUT2D eigenvalue weighted by Crippen LogP contribution is -2.43. The summed E-state index contributed by atoms with van der Waals surface area (Å²) in [7, 11) is 2.22. The minimum Gasteiger partial charge on any atom is -0.370 e. The molecule has 1 unspecified atom stereocenters. The second-order valence-electron chi connectivity index (χ2n) is 4.81. The molecule has 88 valence electrons. The first-order valence-electron chi connectivity index (χ1n) is 6.10. The van der Waals surface area contributed by atoms with Gasteiger partial charge in [-0.25, -0.2) is 0 Å². The van der Waals surface area contributed by atoms with Crippen molar-refractivity contribution < 1.29 is 0 Å². The van der Waals surface area contributed by atoms with Crippen LogP contribution in [0.2, 0.25) is 0 Å². The van der Waals surface area contributed by atoms with Crippen LogP contribution in [0.25, 0.3) is 0 Å². The van der Waals surface area contributed by atoms with Crippen molar-refractivity contribution in [1.29, 1.82) is 0 Å². The average molecular weight is 237 g/mol. The maximum Gasteiger partial charge on any atom is 0.115 e. The Morgan fingerprint density at radius 1 is 1.56 bits per heavy atom. The number of rotatable bonds is 2. The molecule has 1 aromatic heterocycles. The molecular formula is C12H19N3S. The van der Waals surface area contributed by atoms with Crippen molar-refractivity contribution in [2.24, 2.45) is 5.73 Å². The Kier molecular flexibility index (Phi) is 2.56. The first-order chi connectivity index (χ1) is 7.79. The van der Waals surface area contributed by atoms with Crippen molar-refractivity contribution in [3.63, 3.8) is 0 Å². The Morgan fingerprint density at radius 2 is 2.44 bits per heavy atom. The first kappa shape index (κ1) is 10.4. The average Bonchev–Trinajstić information content (AvgIpc) is 2.83. The number of anilines is 2. The van der Waals surface area contributed by atoms with Gasteiger partial charge >= 0.3 is 0 Å². The molecule has 0 spiro atoms. The predicted octanol–water partition coefficient (Wildman–Crippen LogP) is 1.67. The van der Waals surface area contributed by atoms with Gasteiger partial charge in [0.2, 0.25) is 0 Å². The van der Waals surface area contributed by atoms with E-state index in [-0.39, 0.29) is 0 Å². The molecule has 1 atom stereocenters. The van der Waals surface area contributed by atoms with Crippen molar-refractivity contribution in [2.75, 3.05) is 36.5 Å². The molecule has 2 aliphatic heterocycles. The van der Waals surface area contributed by atoms with Crippen LogP contribution in [0.1, 0.15) is 17.7 Å². The van der Waals surface area contributed by atoms with E-state index in [9.17, 15) is 0 Å². The van der Waals surface area contributed by atoms with Crippen LogP contribution < -0.4 is 15.5 Å². The quantitative estimate of drug-likeness (QED) is 0.849. The van der Waals surface area contributed by atoms with E-state index in [0.29, 0.717) is 0 Å². The van der Waals surface area contributed by atoms with E-state index in [1.807, 2.05) is 11.3 Å². The summed E-state index contributed by atoms with van der Waals surface area (Å²) in [6, 6.07) is 3.09. The minimum absolute atomic E-state index is 0.752. The zero-order chi connectivity index (χ0) is 11.1. The molecule has 2 N–H and O–H groups in total. The lowest BCUT2D eigenvalue weighted by molar-refractivity contribution is 0.639. The van der Waals surface area contributed by atoms with Gasteiger partial charge in [-0.1, -0.05) is 0 Å². The Bertz CT molecular complexity index is 388. The Balaban J connectivity index is 1.97. The molecule has 3 nitrogen and oxygen atoms in total. The zero-order valence-electron chi connectivity index (χ0n) is 9.78. The third-order valence-electron chi connectivity index (χ3n) is 3.67. The molecule has 0 radical (unpaired) electrons. The fourth-order valence-corrected chi connectivity index (χ4v) is 4.19. The Labute approximate surface area is 101 Å². The van der Waals surface area contributed by atoms with Gasteiger partial charge in [-0.2, -0.15) is 0 Å². The summed E-state index contributed by atoms with van der Waals surface area (Å²) in [6.07, 6.45) is 3.72. The third-order valence-corrected chi connectivity index (χ3v) is 4.89. The highest BCUT2D eigenvalue weighted by atomic mass is 32.1. The van der Waals surface area contributed by atoms with Gasteiger partial charge in [-0.3, -0.25) is 0 Å². The number of nitrogens with zero attached hydrogens (tertiary/aromatic N) is 2. The second-order valence-corrected chi connectivity index (χ2v) is 5.93. The molecule has 1 fully saturated rings. The predicted molar refractivity (Wildman–Crippen MR) is 70.7 cm³/mol. The minimum atomic E-state index is 0.752. The van der Waals surface area contributed by atoms with Gasteiger partial charge in [0.25, 0.3) is 0 Å². The van der Waals surface area contributed by atoms with Crippen molar-refractivity contribution in [1.82, 2.24) is 0 Å². The molecule has 0 aliphatic carbocycles. The van der Waals surface area contributed by atoms with Crippen molar-refractivity contribution in [2.45, 2.75) is 25.3 Å². The van der Waals surface area contributed by atoms with Gasteiger partial charge in [0, 0.05) is 31.1 Å². The fraction of sp³-hybridized carbons (Fsp3) is 0.667. The summed E-state index contributed by atoms with van der Waals surface area (Å²) < 4.78 is 0. The van der Waals surface area contributed by atoms with E-state index in [2.05, 4.69) is 22.9 Å². The van der Waals surface area contributed by atoms with Crippen molar-refractivity contribution >= 4 is 22.0 Å². The fourth-order valence-electron chi connectivity index (χ4n) is 2.87. The summed E-state index contributed by atoms with van der Waals surface area (Å²) >= 11 is 1.94. The third kappa shape index (κ3) is 1.52. The summed E-state index contributed by atoms with van der Waals surface area (Å²) in [5, 5.41) is 1.49. The van der Waals surface area contributed by atoms with Crippen molar-refractivity contribution in [3.05, 3.63) is 10.9 Å². The molecule has 4 heteroatoms. The lowest BCUT2D eigenvalue weighted by atomic mass is 10.1. The summed E-state index contributed by atoms with van der Waals surface area (Å²) in [6.45, 7) is 3.19. The molecule has 16 heavy (non-hydrogen) atoms. The molecule has 0 bridgehead atoms. The van der Waals surface area contributed by atoms with E-state index in [0.717, 1.165) is 19.0 Å².